The molecule has 1 unspecified atom stereocenters. The summed E-state index contributed by atoms with van der Waals surface area (Å²) in [7, 11) is 0. The molecule has 1 aromatic rings. The van der Waals surface area contributed by atoms with Crippen LogP contribution in [0.5, 0.6) is 0 Å². The van der Waals surface area contributed by atoms with Crippen molar-refractivity contribution in [2.45, 2.75) is 59.2 Å². The maximum absolute atomic E-state index is 5.92. The van der Waals surface area contributed by atoms with Crippen LogP contribution in [0, 0.1) is 6.92 Å². The molecule has 0 fully saturated rings. The Bertz CT molecular complexity index is 368. The molecule has 18 heavy (non-hydrogen) atoms. The highest BCUT2D eigenvalue weighted by Crippen LogP contribution is 2.16. The van der Waals surface area contributed by atoms with E-state index < -0.39 is 0 Å². The number of aryl methyl sites for hydroxylation is 1. The van der Waals surface area contributed by atoms with E-state index in [1.165, 1.54) is 36.0 Å². The molecule has 100 valence electrons. The maximum Gasteiger partial charge on any atom is 0.0726 e. The minimum Gasteiger partial charge on any atom is -0.374 e. The van der Waals surface area contributed by atoms with E-state index >= 15 is 0 Å². The summed E-state index contributed by atoms with van der Waals surface area (Å²) in [4.78, 5) is 0. The Morgan fingerprint density at radius 2 is 2.11 bits per heavy atom. The number of benzene rings is 1. The van der Waals surface area contributed by atoms with Crippen molar-refractivity contribution in [3.8, 4) is 0 Å². The van der Waals surface area contributed by atoms with Crippen molar-refractivity contribution in [2.24, 2.45) is 0 Å². The van der Waals surface area contributed by atoms with Gasteiger partial charge in [0.2, 0.25) is 0 Å². The fraction of sp³-hybridized carbons (Fsp3) is 0.529. The van der Waals surface area contributed by atoms with Crippen molar-refractivity contribution in [1.82, 2.24) is 0 Å². The second kappa shape index (κ2) is 8.10. The van der Waals surface area contributed by atoms with Crippen molar-refractivity contribution < 1.29 is 4.74 Å². The molecule has 0 aliphatic carbocycles. The first-order valence-corrected chi connectivity index (χ1v) is 7.01. The normalized spacial score (nSPS) is 12.4. The molecule has 1 aromatic carbocycles. The standard InChI is InChI=1S/C17H26O/c1-5-7-8-9-15(4)18-13-17-12-14(3)10-11-16(17)6-2/h6,10-12,15H,2,5,7-9,13H2,1,3-4H3. The zero-order chi connectivity index (χ0) is 13.4. The second-order valence-corrected chi connectivity index (χ2v) is 5.02. The molecular formula is C17H26O. The van der Waals surface area contributed by atoms with Crippen LogP contribution in [0.1, 0.15) is 56.2 Å². The van der Waals surface area contributed by atoms with Crippen molar-refractivity contribution in [3.05, 3.63) is 41.5 Å². The van der Waals surface area contributed by atoms with Gasteiger partial charge in [0.15, 0.2) is 0 Å². The lowest BCUT2D eigenvalue weighted by molar-refractivity contribution is 0.0458. The molecule has 0 saturated carbocycles. The van der Waals surface area contributed by atoms with Crippen molar-refractivity contribution in [2.75, 3.05) is 0 Å². The average Bonchev–Trinajstić information content (AvgIpc) is 2.37. The monoisotopic (exact) mass is 246 g/mol. The molecule has 0 amide bonds. The van der Waals surface area contributed by atoms with Crippen molar-refractivity contribution >= 4 is 6.08 Å². The molecule has 0 aromatic heterocycles. The van der Waals surface area contributed by atoms with Crippen LogP contribution in [0.25, 0.3) is 6.08 Å². The van der Waals surface area contributed by atoms with Crippen LogP contribution in [0.15, 0.2) is 24.8 Å². The van der Waals surface area contributed by atoms with Gasteiger partial charge in [0.25, 0.3) is 0 Å². The smallest absolute Gasteiger partial charge is 0.0726 e. The highest BCUT2D eigenvalue weighted by Gasteiger charge is 2.05. The Hall–Kier alpha value is -1.08. The molecule has 1 atom stereocenters. The van der Waals surface area contributed by atoms with Crippen LogP contribution in [0.4, 0.5) is 0 Å². The highest BCUT2D eigenvalue weighted by atomic mass is 16.5. The van der Waals surface area contributed by atoms with Gasteiger partial charge in [-0.1, -0.05) is 62.6 Å². The second-order valence-electron chi connectivity index (χ2n) is 5.02. The Morgan fingerprint density at radius 3 is 2.78 bits per heavy atom. The topological polar surface area (TPSA) is 9.23 Å². The molecule has 0 radical (unpaired) electrons. The zero-order valence-corrected chi connectivity index (χ0v) is 12.0. The molecule has 0 saturated heterocycles. The third-order valence-electron chi connectivity index (χ3n) is 3.26. The summed E-state index contributed by atoms with van der Waals surface area (Å²) in [5, 5.41) is 0. The van der Waals surface area contributed by atoms with E-state index in [1.807, 2.05) is 6.08 Å². The van der Waals surface area contributed by atoms with Gasteiger partial charge < -0.3 is 4.74 Å². The summed E-state index contributed by atoms with van der Waals surface area (Å²) >= 11 is 0. The SMILES string of the molecule is C=Cc1ccc(C)cc1COC(C)CCCCC. The molecule has 0 aliphatic rings. The summed E-state index contributed by atoms with van der Waals surface area (Å²) in [5.41, 5.74) is 3.70. The maximum atomic E-state index is 5.92. The number of rotatable bonds is 8. The lowest BCUT2D eigenvalue weighted by atomic mass is 10.1. The molecule has 0 aliphatic heterocycles. The first-order chi connectivity index (χ1) is 8.67. The third kappa shape index (κ3) is 5.05. The first kappa shape index (κ1) is 15.0. The van der Waals surface area contributed by atoms with Crippen LogP contribution >= 0.6 is 0 Å². The van der Waals surface area contributed by atoms with E-state index in [4.69, 9.17) is 4.74 Å². The largest absolute Gasteiger partial charge is 0.374 e. The third-order valence-corrected chi connectivity index (χ3v) is 3.26. The van der Waals surface area contributed by atoms with E-state index in [-0.39, 0.29) is 0 Å². The first-order valence-electron chi connectivity index (χ1n) is 7.01. The molecule has 0 N–H and O–H groups in total. The van der Waals surface area contributed by atoms with E-state index in [1.54, 1.807) is 0 Å². The average molecular weight is 246 g/mol. The number of unbranched alkanes of at least 4 members (excludes halogenated alkanes) is 2. The van der Waals surface area contributed by atoms with Crippen LogP contribution in [-0.4, -0.2) is 6.10 Å². The Morgan fingerprint density at radius 1 is 1.33 bits per heavy atom. The number of hydrogen-bond donors (Lipinski definition) is 0. The molecule has 1 rings (SSSR count). The van der Waals surface area contributed by atoms with Crippen molar-refractivity contribution in [1.29, 1.82) is 0 Å². The quantitative estimate of drug-likeness (QED) is 0.578. The fourth-order valence-corrected chi connectivity index (χ4v) is 2.06. The summed E-state index contributed by atoms with van der Waals surface area (Å²) in [6.07, 6.45) is 7.24. The van der Waals surface area contributed by atoms with E-state index in [9.17, 15) is 0 Å². The van der Waals surface area contributed by atoms with Gasteiger partial charge in [0, 0.05) is 0 Å². The van der Waals surface area contributed by atoms with Gasteiger partial charge in [-0.2, -0.15) is 0 Å². The molecule has 0 bridgehead atoms. The lowest BCUT2D eigenvalue weighted by Crippen LogP contribution is -2.08. The van der Waals surface area contributed by atoms with Gasteiger partial charge in [-0.3, -0.25) is 0 Å². The van der Waals surface area contributed by atoms with Crippen molar-refractivity contribution in [3.63, 3.8) is 0 Å². The van der Waals surface area contributed by atoms with Gasteiger partial charge in [0.1, 0.15) is 0 Å². The fourth-order valence-electron chi connectivity index (χ4n) is 2.06. The highest BCUT2D eigenvalue weighted by molar-refractivity contribution is 5.52. The van der Waals surface area contributed by atoms with Gasteiger partial charge in [-0.25, -0.2) is 0 Å². The summed E-state index contributed by atoms with van der Waals surface area (Å²) in [6, 6.07) is 6.42. The van der Waals surface area contributed by atoms with E-state index in [2.05, 4.69) is 45.5 Å². The van der Waals surface area contributed by atoms with E-state index in [0.717, 1.165) is 6.42 Å². The molecule has 1 nitrogen and oxygen atoms in total. The molecular weight excluding hydrogens is 220 g/mol. The Labute approximate surface area is 112 Å². The van der Waals surface area contributed by atoms with Gasteiger partial charge in [-0.05, 0) is 31.4 Å². The van der Waals surface area contributed by atoms with Crippen LogP contribution in [0.3, 0.4) is 0 Å². The van der Waals surface area contributed by atoms with E-state index in [0.29, 0.717) is 12.7 Å². The summed E-state index contributed by atoms with van der Waals surface area (Å²) in [6.45, 7) is 11.1. The van der Waals surface area contributed by atoms with Gasteiger partial charge >= 0.3 is 0 Å². The molecule has 0 spiro atoms. The van der Waals surface area contributed by atoms with Gasteiger partial charge in [0.05, 0.1) is 12.7 Å². The van der Waals surface area contributed by atoms with Crippen LogP contribution in [0.2, 0.25) is 0 Å². The minimum atomic E-state index is 0.342. The zero-order valence-electron chi connectivity index (χ0n) is 12.0. The number of ether oxygens (including phenoxy) is 1. The molecule has 1 heteroatoms. The van der Waals surface area contributed by atoms with Crippen LogP contribution in [-0.2, 0) is 11.3 Å². The van der Waals surface area contributed by atoms with Gasteiger partial charge in [-0.15, -0.1) is 0 Å². The summed E-state index contributed by atoms with van der Waals surface area (Å²) in [5.74, 6) is 0. The predicted molar refractivity (Wildman–Crippen MR) is 79.7 cm³/mol. The lowest BCUT2D eigenvalue weighted by Gasteiger charge is -2.14. The number of hydrogen-bond acceptors (Lipinski definition) is 1. The minimum absolute atomic E-state index is 0.342. The Kier molecular flexibility index (Phi) is 6.74. The Balaban J connectivity index is 2.47. The predicted octanol–water partition coefficient (Wildman–Crippen LogP) is 5.12. The molecule has 0 heterocycles. The van der Waals surface area contributed by atoms with Crippen LogP contribution < -0.4 is 0 Å². The summed E-state index contributed by atoms with van der Waals surface area (Å²) < 4.78 is 5.92.